The van der Waals surface area contributed by atoms with Crippen molar-refractivity contribution < 1.29 is 4.79 Å². The van der Waals surface area contributed by atoms with Gasteiger partial charge in [-0.25, -0.2) is 9.67 Å². The summed E-state index contributed by atoms with van der Waals surface area (Å²) >= 11 is 0. The molecule has 3 aromatic heterocycles. The van der Waals surface area contributed by atoms with Gasteiger partial charge in [0.2, 0.25) is 0 Å². The average molecular weight is 374 g/mol. The second-order valence-corrected chi connectivity index (χ2v) is 6.75. The second-order valence-electron chi connectivity index (χ2n) is 6.75. The van der Waals surface area contributed by atoms with Crippen molar-refractivity contribution in [3.05, 3.63) is 71.2 Å². The molecule has 0 radical (unpaired) electrons. The lowest BCUT2D eigenvalue weighted by atomic mass is 10.1. The predicted molar refractivity (Wildman–Crippen MR) is 108 cm³/mol. The average Bonchev–Trinajstić information content (AvgIpc) is 3.26. The Kier molecular flexibility index (Phi) is 4.65. The van der Waals surface area contributed by atoms with E-state index in [9.17, 15) is 4.79 Å². The van der Waals surface area contributed by atoms with Crippen molar-refractivity contribution in [3.8, 4) is 0 Å². The minimum Gasteiger partial charge on any atom is -0.305 e. The normalized spacial score (nSPS) is 11.1. The van der Waals surface area contributed by atoms with E-state index in [1.165, 1.54) is 0 Å². The fourth-order valence-electron chi connectivity index (χ4n) is 3.31. The summed E-state index contributed by atoms with van der Waals surface area (Å²) in [5.41, 5.74) is 3.95. The van der Waals surface area contributed by atoms with Gasteiger partial charge in [0, 0.05) is 24.5 Å². The van der Waals surface area contributed by atoms with Crippen LogP contribution in [0.25, 0.3) is 11.0 Å². The van der Waals surface area contributed by atoms with Gasteiger partial charge in [0.25, 0.3) is 5.91 Å². The molecule has 0 unspecified atom stereocenters. The van der Waals surface area contributed by atoms with Gasteiger partial charge in [-0.15, -0.1) is 0 Å². The summed E-state index contributed by atoms with van der Waals surface area (Å²) in [6.07, 6.45) is 1.84. The van der Waals surface area contributed by atoms with E-state index in [2.05, 4.69) is 32.6 Å². The number of nitrogens with one attached hydrogen (secondary N) is 1. The van der Waals surface area contributed by atoms with E-state index in [1.54, 1.807) is 16.8 Å². The molecule has 0 fully saturated rings. The van der Waals surface area contributed by atoms with Crippen molar-refractivity contribution >= 4 is 22.8 Å². The number of hydrogen-bond donors (Lipinski definition) is 1. The van der Waals surface area contributed by atoms with Crippen LogP contribution in [0.1, 0.15) is 34.2 Å². The molecule has 1 N–H and O–H groups in total. The number of aromatic nitrogens is 5. The first-order chi connectivity index (χ1) is 13.5. The molecule has 28 heavy (non-hydrogen) atoms. The van der Waals surface area contributed by atoms with Crippen LogP contribution < -0.4 is 5.32 Å². The lowest BCUT2D eigenvalue weighted by Crippen LogP contribution is -2.14. The molecule has 7 heteroatoms. The first-order valence-corrected chi connectivity index (χ1v) is 9.28. The first-order valence-electron chi connectivity index (χ1n) is 9.28. The Morgan fingerprint density at radius 1 is 1.11 bits per heavy atom. The number of fused-ring (bicyclic) bond motifs is 1. The van der Waals surface area contributed by atoms with Gasteiger partial charge in [0.15, 0.2) is 11.5 Å². The largest absolute Gasteiger partial charge is 0.305 e. The van der Waals surface area contributed by atoms with Gasteiger partial charge in [-0.05, 0) is 32.4 Å². The molecule has 0 bridgehead atoms. The maximum atomic E-state index is 13.0. The molecule has 3 heterocycles. The molecule has 0 spiro atoms. The number of amides is 1. The van der Waals surface area contributed by atoms with Crippen molar-refractivity contribution in [2.75, 3.05) is 5.32 Å². The van der Waals surface area contributed by atoms with Crippen LogP contribution >= 0.6 is 0 Å². The highest BCUT2D eigenvalue weighted by Gasteiger charge is 2.19. The number of anilines is 1. The van der Waals surface area contributed by atoms with Gasteiger partial charge in [-0.1, -0.05) is 30.3 Å². The maximum absolute atomic E-state index is 13.0. The van der Waals surface area contributed by atoms with Crippen molar-refractivity contribution in [2.24, 2.45) is 0 Å². The Morgan fingerprint density at radius 3 is 2.61 bits per heavy atom. The summed E-state index contributed by atoms with van der Waals surface area (Å²) in [4.78, 5) is 17.6. The van der Waals surface area contributed by atoms with E-state index in [-0.39, 0.29) is 5.91 Å². The van der Waals surface area contributed by atoms with Crippen molar-refractivity contribution in [3.63, 3.8) is 0 Å². The van der Waals surface area contributed by atoms with Crippen molar-refractivity contribution in [2.45, 2.75) is 33.9 Å². The Labute approximate surface area is 163 Å². The number of carbonyl (C=O) groups excluding carboxylic acids is 1. The summed E-state index contributed by atoms with van der Waals surface area (Å²) in [6.45, 7) is 7.14. The Hall–Kier alpha value is -3.48. The van der Waals surface area contributed by atoms with E-state index in [4.69, 9.17) is 0 Å². The number of hydrogen-bond acceptors (Lipinski definition) is 4. The van der Waals surface area contributed by atoms with E-state index < -0.39 is 0 Å². The molecule has 4 aromatic rings. The number of carbonyl (C=O) groups is 1. The summed E-state index contributed by atoms with van der Waals surface area (Å²) in [7, 11) is 0. The van der Waals surface area contributed by atoms with Crippen LogP contribution in [0, 0.1) is 13.8 Å². The van der Waals surface area contributed by atoms with Crippen LogP contribution in [-0.4, -0.2) is 30.5 Å². The summed E-state index contributed by atoms with van der Waals surface area (Å²) < 4.78 is 3.63. The van der Waals surface area contributed by atoms with Crippen LogP contribution in [0.2, 0.25) is 0 Å². The molecule has 0 saturated carbocycles. The minimum atomic E-state index is -0.209. The topological polar surface area (TPSA) is 77.6 Å². The lowest BCUT2D eigenvalue weighted by molar-refractivity contribution is 0.102. The molecule has 0 aliphatic carbocycles. The van der Waals surface area contributed by atoms with Gasteiger partial charge in [-0.3, -0.25) is 9.48 Å². The van der Waals surface area contributed by atoms with Crippen LogP contribution in [0.15, 0.2) is 48.7 Å². The molecule has 7 nitrogen and oxygen atoms in total. The zero-order valence-corrected chi connectivity index (χ0v) is 16.2. The predicted octanol–water partition coefficient (Wildman–Crippen LogP) is 3.57. The van der Waals surface area contributed by atoms with E-state index in [1.807, 2.05) is 49.8 Å². The Balaban J connectivity index is 1.73. The third-order valence-corrected chi connectivity index (χ3v) is 4.63. The van der Waals surface area contributed by atoms with Crippen molar-refractivity contribution in [1.82, 2.24) is 24.5 Å². The van der Waals surface area contributed by atoms with Gasteiger partial charge < -0.3 is 5.32 Å². The number of rotatable bonds is 5. The Morgan fingerprint density at radius 2 is 1.89 bits per heavy atom. The standard InChI is InChI=1S/C21H22N6O/c1-4-26-11-10-18(25-26)23-21(28)17-12-14(2)22-20-19(17)15(3)24-27(20)13-16-8-6-5-7-9-16/h5-12H,4,13H2,1-3H3,(H,23,25,28). The number of aryl methyl sites for hydroxylation is 3. The lowest BCUT2D eigenvalue weighted by Gasteiger charge is -2.07. The fourth-order valence-corrected chi connectivity index (χ4v) is 3.31. The third-order valence-electron chi connectivity index (χ3n) is 4.63. The number of nitrogens with zero attached hydrogens (tertiary/aromatic N) is 5. The molecule has 0 atom stereocenters. The van der Waals surface area contributed by atoms with Gasteiger partial charge in [0.05, 0.1) is 23.2 Å². The fraction of sp³-hybridized carbons (Fsp3) is 0.238. The summed E-state index contributed by atoms with van der Waals surface area (Å²) in [6, 6.07) is 13.7. The molecule has 4 rings (SSSR count). The van der Waals surface area contributed by atoms with Gasteiger partial charge in [-0.2, -0.15) is 10.2 Å². The first kappa shape index (κ1) is 17.9. The molecule has 0 aliphatic heterocycles. The quantitative estimate of drug-likeness (QED) is 0.579. The molecule has 1 aromatic carbocycles. The van der Waals surface area contributed by atoms with Crippen LogP contribution in [0.3, 0.4) is 0 Å². The highest BCUT2D eigenvalue weighted by Crippen LogP contribution is 2.24. The highest BCUT2D eigenvalue weighted by molar-refractivity contribution is 6.12. The van der Waals surface area contributed by atoms with Gasteiger partial charge in [0.1, 0.15) is 0 Å². The van der Waals surface area contributed by atoms with Crippen LogP contribution in [0.5, 0.6) is 0 Å². The maximum Gasteiger partial charge on any atom is 0.257 e. The van der Waals surface area contributed by atoms with Crippen LogP contribution in [0.4, 0.5) is 5.82 Å². The molecule has 142 valence electrons. The molecular formula is C21H22N6O. The highest BCUT2D eigenvalue weighted by atomic mass is 16.1. The second kappa shape index (κ2) is 7.26. The van der Waals surface area contributed by atoms with E-state index in [0.717, 1.165) is 28.9 Å². The van der Waals surface area contributed by atoms with Crippen molar-refractivity contribution in [1.29, 1.82) is 0 Å². The smallest absolute Gasteiger partial charge is 0.257 e. The molecule has 1 amide bonds. The van der Waals surface area contributed by atoms with E-state index in [0.29, 0.717) is 23.6 Å². The molecule has 0 aliphatic rings. The van der Waals surface area contributed by atoms with E-state index >= 15 is 0 Å². The van der Waals surface area contributed by atoms with Crippen LogP contribution in [-0.2, 0) is 13.1 Å². The monoisotopic (exact) mass is 374 g/mol. The number of benzene rings is 1. The van der Waals surface area contributed by atoms with Gasteiger partial charge >= 0.3 is 0 Å². The molecule has 0 saturated heterocycles. The number of pyridine rings is 1. The Bertz CT molecular complexity index is 1140. The SMILES string of the molecule is CCn1ccc(NC(=O)c2cc(C)nc3c2c(C)nn3Cc2ccccc2)n1. The zero-order chi connectivity index (χ0) is 19.7. The third kappa shape index (κ3) is 3.38. The minimum absolute atomic E-state index is 0.209. The summed E-state index contributed by atoms with van der Waals surface area (Å²) in [5, 5.41) is 12.6. The zero-order valence-electron chi connectivity index (χ0n) is 16.2. The summed E-state index contributed by atoms with van der Waals surface area (Å²) in [5.74, 6) is 0.322. The molecular weight excluding hydrogens is 352 g/mol.